The Labute approximate surface area is 167 Å². The van der Waals surface area contributed by atoms with Crippen LogP contribution in [-0.2, 0) is 17.5 Å². The maximum Gasteiger partial charge on any atom is 0.418 e. The number of para-hydroxylation sites is 1. The summed E-state index contributed by atoms with van der Waals surface area (Å²) in [6, 6.07) is 7.69. The number of halogens is 3. The SMILES string of the molecule is FC(F)(F)c1ccccc1N1CCN(Cc2ccnc(N3CCOCC3)n2)CC1. The lowest BCUT2D eigenvalue weighted by atomic mass is 10.1. The van der Waals surface area contributed by atoms with Gasteiger partial charge in [0.15, 0.2) is 0 Å². The number of alkyl halides is 3. The Kier molecular flexibility index (Phi) is 5.86. The third-order valence-electron chi connectivity index (χ3n) is 5.30. The molecule has 0 radical (unpaired) electrons. The Balaban J connectivity index is 1.37. The van der Waals surface area contributed by atoms with Crippen LogP contribution >= 0.6 is 0 Å². The first-order valence-electron chi connectivity index (χ1n) is 9.79. The van der Waals surface area contributed by atoms with Gasteiger partial charge in [0.1, 0.15) is 0 Å². The number of ether oxygens (including phenoxy) is 1. The Morgan fingerprint density at radius 1 is 0.897 bits per heavy atom. The van der Waals surface area contributed by atoms with Crippen molar-refractivity contribution in [3.8, 4) is 0 Å². The van der Waals surface area contributed by atoms with Gasteiger partial charge in [-0.15, -0.1) is 0 Å². The molecule has 0 saturated carbocycles. The van der Waals surface area contributed by atoms with E-state index in [1.165, 1.54) is 6.07 Å². The number of hydrogen-bond acceptors (Lipinski definition) is 6. The number of hydrogen-bond donors (Lipinski definition) is 0. The summed E-state index contributed by atoms with van der Waals surface area (Å²) in [7, 11) is 0. The summed E-state index contributed by atoms with van der Waals surface area (Å²) in [6.45, 7) is 6.04. The zero-order valence-corrected chi connectivity index (χ0v) is 16.1. The second-order valence-electron chi connectivity index (χ2n) is 7.23. The second kappa shape index (κ2) is 8.54. The molecule has 2 aliphatic rings. The number of benzene rings is 1. The molecule has 2 fully saturated rings. The van der Waals surface area contributed by atoms with Crippen LogP contribution in [0.15, 0.2) is 36.5 Å². The summed E-state index contributed by atoms with van der Waals surface area (Å²) in [6.07, 6.45) is -2.58. The molecule has 0 spiro atoms. The second-order valence-corrected chi connectivity index (χ2v) is 7.23. The van der Waals surface area contributed by atoms with Crippen LogP contribution in [-0.4, -0.2) is 67.4 Å². The van der Waals surface area contributed by atoms with Crippen molar-refractivity contribution in [2.24, 2.45) is 0 Å². The lowest BCUT2D eigenvalue weighted by Gasteiger charge is -2.37. The van der Waals surface area contributed by atoms with Crippen LogP contribution in [0.25, 0.3) is 0 Å². The van der Waals surface area contributed by atoms with Crippen molar-refractivity contribution in [1.29, 1.82) is 0 Å². The molecule has 0 unspecified atom stereocenters. The molecule has 0 aliphatic carbocycles. The number of nitrogens with zero attached hydrogens (tertiary/aromatic N) is 5. The van der Waals surface area contributed by atoms with Crippen molar-refractivity contribution in [2.45, 2.75) is 12.7 Å². The third-order valence-corrected chi connectivity index (χ3v) is 5.30. The summed E-state index contributed by atoms with van der Waals surface area (Å²) >= 11 is 0. The maximum absolute atomic E-state index is 13.3. The molecule has 29 heavy (non-hydrogen) atoms. The van der Waals surface area contributed by atoms with E-state index in [2.05, 4.69) is 19.8 Å². The molecule has 1 aromatic heterocycles. The van der Waals surface area contributed by atoms with Gasteiger partial charge in [-0.25, -0.2) is 9.97 Å². The summed E-state index contributed by atoms with van der Waals surface area (Å²) in [5.41, 5.74) is 0.612. The molecule has 3 heterocycles. The van der Waals surface area contributed by atoms with Crippen LogP contribution in [0.5, 0.6) is 0 Å². The van der Waals surface area contributed by atoms with E-state index in [-0.39, 0.29) is 5.69 Å². The van der Waals surface area contributed by atoms with Gasteiger partial charge in [0.05, 0.1) is 24.5 Å². The Hall–Kier alpha value is -2.39. The fourth-order valence-electron chi connectivity index (χ4n) is 3.75. The third kappa shape index (κ3) is 4.79. The van der Waals surface area contributed by atoms with E-state index in [9.17, 15) is 13.2 Å². The van der Waals surface area contributed by atoms with Crippen LogP contribution in [0.3, 0.4) is 0 Å². The quantitative estimate of drug-likeness (QED) is 0.777. The van der Waals surface area contributed by atoms with E-state index in [1.54, 1.807) is 18.3 Å². The van der Waals surface area contributed by atoms with E-state index >= 15 is 0 Å². The average Bonchev–Trinajstić information content (AvgIpc) is 2.75. The number of piperazine rings is 1. The zero-order valence-electron chi connectivity index (χ0n) is 16.1. The van der Waals surface area contributed by atoms with Crippen molar-refractivity contribution in [2.75, 3.05) is 62.3 Å². The van der Waals surface area contributed by atoms with E-state index in [0.717, 1.165) is 24.8 Å². The van der Waals surface area contributed by atoms with Crippen molar-refractivity contribution < 1.29 is 17.9 Å². The standard InChI is InChI=1S/C20H24F3N5O/c21-20(22,23)17-3-1-2-4-18(17)27-9-7-26(8-10-27)15-16-5-6-24-19(25-16)28-11-13-29-14-12-28/h1-6H,7-15H2. The molecule has 1 aromatic carbocycles. The highest BCUT2D eigenvalue weighted by molar-refractivity contribution is 5.55. The van der Waals surface area contributed by atoms with E-state index in [1.807, 2.05) is 11.0 Å². The lowest BCUT2D eigenvalue weighted by molar-refractivity contribution is -0.137. The minimum absolute atomic E-state index is 0.260. The number of anilines is 2. The van der Waals surface area contributed by atoms with Gasteiger partial charge in [0.25, 0.3) is 0 Å². The van der Waals surface area contributed by atoms with Gasteiger partial charge >= 0.3 is 6.18 Å². The summed E-state index contributed by atoms with van der Waals surface area (Å²) in [4.78, 5) is 15.2. The van der Waals surface area contributed by atoms with Gasteiger partial charge in [0.2, 0.25) is 5.95 Å². The largest absolute Gasteiger partial charge is 0.418 e. The van der Waals surface area contributed by atoms with E-state index in [0.29, 0.717) is 51.9 Å². The first kappa shape index (κ1) is 19.9. The smallest absolute Gasteiger partial charge is 0.378 e. The predicted octanol–water partition coefficient (Wildman–Crippen LogP) is 2.65. The normalized spacial score (nSPS) is 18.9. The molecule has 6 nitrogen and oxygen atoms in total. The monoisotopic (exact) mass is 407 g/mol. The molecule has 2 aromatic rings. The molecule has 2 aliphatic heterocycles. The zero-order chi connectivity index (χ0) is 20.3. The van der Waals surface area contributed by atoms with Crippen LogP contribution in [0.2, 0.25) is 0 Å². The summed E-state index contributed by atoms with van der Waals surface area (Å²) in [5.74, 6) is 0.712. The van der Waals surface area contributed by atoms with E-state index in [4.69, 9.17) is 4.74 Å². The van der Waals surface area contributed by atoms with Crippen molar-refractivity contribution >= 4 is 11.6 Å². The molecule has 9 heteroatoms. The Bertz CT molecular complexity index is 818. The number of aromatic nitrogens is 2. The molecule has 2 saturated heterocycles. The van der Waals surface area contributed by atoms with Crippen LogP contribution in [0, 0.1) is 0 Å². The van der Waals surface area contributed by atoms with Gasteiger partial charge in [-0.1, -0.05) is 12.1 Å². The van der Waals surface area contributed by atoms with Gasteiger partial charge in [-0.05, 0) is 18.2 Å². The van der Waals surface area contributed by atoms with E-state index < -0.39 is 11.7 Å². The fourth-order valence-corrected chi connectivity index (χ4v) is 3.75. The topological polar surface area (TPSA) is 44.7 Å². The Morgan fingerprint density at radius 3 is 2.34 bits per heavy atom. The number of rotatable bonds is 4. The highest BCUT2D eigenvalue weighted by Crippen LogP contribution is 2.36. The van der Waals surface area contributed by atoms with Crippen molar-refractivity contribution in [3.63, 3.8) is 0 Å². The molecular formula is C20H24F3N5O. The first-order valence-corrected chi connectivity index (χ1v) is 9.79. The average molecular weight is 407 g/mol. The minimum Gasteiger partial charge on any atom is -0.378 e. The van der Waals surface area contributed by atoms with Crippen LogP contribution in [0.4, 0.5) is 24.8 Å². The van der Waals surface area contributed by atoms with Gasteiger partial charge < -0.3 is 14.5 Å². The summed E-state index contributed by atoms with van der Waals surface area (Å²) in [5, 5.41) is 0. The first-order chi connectivity index (χ1) is 14.0. The van der Waals surface area contributed by atoms with Gasteiger partial charge in [-0.2, -0.15) is 13.2 Å². The molecule has 0 atom stereocenters. The number of morpholine rings is 1. The molecule has 0 N–H and O–H groups in total. The molecule has 4 rings (SSSR count). The maximum atomic E-state index is 13.3. The molecular weight excluding hydrogens is 383 g/mol. The molecule has 0 amide bonds. The fraction of sp³-hybridized carbons (Fsp3) is 0.500. The van der Waals surface area contributed by atoms with Gasteiger partial charge in [-0.3, -0.25) is 4.90 Å². The lowest BCUT2D eigenvalue weighted by Crippen LogP contribution is -2.46. The highest BCUT2D eigenvalue weighted by atomic mass is 19.4. The van der Waals surface area contributed by atoms with Crippen molar-refractivity contribution in [3.05, 3.63) is 47.8 Å². The summed E-state index contributed by atoms with van der Waals surface area (Å²) < 4.78 is 45.3. The van der Waals surface area contributed by atoms with Gasteiger partial charge in [0, 0.05) is 57.7 Å². The predicted molar refractivity (Wildman–Crippen MR) is 104 cm³/mol. The minimum atomic E-state index is -4.34. The molecule has 0 bridgehead atoms. The molecule has 156 valence electrons. The van der Waals surface area contributed by atoms with Crippen molar-refractivity contribution in [1.82, 2.24) is 14.9 Å². The van der Waals surface area contributed by atoms with Crippen LogP contribution < -0.4 is 9.80 Å². The highest BCUT2D eigenvalue weighted by Gasteiger charge is 2.35. The van der Waals surface area contributed by atoms with Crippen LogP contribution in [0.1, 0.15) is 11.3 Å². The Morgan fingerprint density at radius 2 is 1.62 bits per heavy atom.